The molecule has 0 spiro atoms. The molecule has 3 N–H and O–H groups in total. The Morgan fingerprint density at radius 1 is 1.06 bits per heavy atom. The van der Waals surface area contributed by atoms with Gasteiger partial charge in [-0.1, -0.05) is 0 Å². The summed E-state index contributed by atoms with van der Waals surface area (Å²) < 4.78 is 11.3. The van der Waals surface area contributed by atoms with E-state index in [1.54, 1.807) is 0 Å². The molecule has 1 aromatic carbocycles. The van der Waals surface area contributed by atoms with E-state index in [2.05, 4.69) is 0 Å². The SMILES string of the molecule is NOCc1c2c(c(O)c3c1OCCC3)OCCC2. The fourth-order valence-corrected chi connectivity index (χ4v) is 2.75. The van der Waals surface area contributed by atoms with Gasteiger partial charge in [0.2, 0.25) is 0 Å². The van der Waals surface area contributed by atoms with E-state index in [4.69, 9.17) is 20.2 Å². The fourth-order valence-electron chi connectivity index (χ4n) is 2.75. The van der Waals surface area contributed by atoms with Gasteiger partial charge in [0.15, 0.2) is 11.5 Å². The Balaban J connectivity index is 2.20. The molecule has 5 nitrogen and oxygen atoms in total. The number of rotatable bonds is 2. The van der Waals surface area contributed by atoms with Gasteiger partial charge in [-0.2, -0.15) is 0 Å². The molecule has 0 saturated carbocycles. The van der Waals surface area contributed by atoms with Crippen LogP contribution in [0.5, 0.6) is 17.2 Å². The molecule has 0 atom stereocenters. The molecule has 1 aromatic rings. The number of fused-ring (bicyclic) bond motifs is 2. The maximum absolute atomic E-state index is 10.3. The summed E-state index contributed by atoms with van der Waals surface area (Å²) in [7, 11) is 0. The number of phenols is 1. The third-order valence-corrected chi connectivity index (χ3v) is 3.55. The van der Waals surface area contributed by atoms with Crippen molar-refractivity contribution in [1.29, 1.82) is 0 Å². The lowest BCUT2D eigenvalue weighted by molar-refractivity contribution is 0.118. The number of hydrogen-bond donors (Lipinski definition) is 2. The molecule has 5 heteroatoms. The second-order valence-corrected chi connectivity index (χ2v) is 4.66. The van der Waals surface area contributed by atoms with Gasteiger partial charge in [0, 0.05) is 16.7 Å². The van der Waals surface area contributed by atoms with Crippen molar-refractivity contribution in [3.63, 3.8) is 0 Å². The van der Waals surface area contributed by atoms with Crippen molar-refractivity contribution in [2.45, 2.75) is 32.3 Å². The molecule has 0 amide bonds. The second-order valence-electron chi connectivity index (χ2n) is 4.66. The maximum Gasteiger partial charge on any atom is 0.165 e. The Morgan fingerprint density at radius 3 is 2.44 bits per heavy atom. The van der Waals surface area contributed by atoms with E-state index >= 15 is 0 Å². The van der Waals surface area contributed by atoms with Crippen molar-refractivity contribution in [2.24, 2.45) is 5.90 Å². The first-order valence-corrected chi connectivity index (χ1v) is 6.29. The standard InChI is InChI=1S/C13H17NO4/c14-18-7-10-8-3-1-6-17-13(8)11(15)9-4-2-5-16-12(9)10/h15H,1-7,14H2. The van der Waals surface area contributed by atoms with Crippen LogP contribution in [0.25, 0.3) is 0 Å². The summed E-state index contributed by atoms with van der Waals surface area (Å²) in [5, 5.41) is 10.3. The van der Waals surface area contributed by atoms with E-state index in [1.165, 1.54) is 0 Å². The van der Waals surface area contributed by atoms with Crippen LogP contribution in [0, 0.1) is 0 Å². The summed E-state index contributed by atoms with van der Waals surface area (Å²) in [6, 6.07) is 0. The topological polar surface area (TPSA) is 73.9 Å². The zero-order valence-corrected chi connectivity index (χ0v) is 10.2. The van der Waals surface area contributed by atoms with Crippen LogP contribution in [0.2, 0.25) is 0 Å². The third kappa shape index (κ3) is 1.71. The number of hydrogen-bond acceptors (Lipinski definition) is 5. The summed E-state index contributed by atoms with van der Waals surface area (Å²) in [6.45, 7) is 1.60. The average molecular weight is 251 g/mol. The van der Waals surface area contributed by atoms with Crippen LogP contribution in [-0.4, -0.2) is 18.3 Å². The van der Waals surface area contributed by atoms with Crippen LogP contribution >= 0.6 is 0 Å². The predicted molar refractivity (Wildman–Crippen MR) is 64.7 cm³/mol. The van der Waals surface area contributed by atoms with Crippen molar-refractivity contribution in [2.75, 3.05) is 13.2 Å². The quantitative estimate of drug-likeness (QED) is 0.778. The summed E-state index contributed by atoms with van der Waals surface area (Å²) >= 11 is 0. The van der Waals surface area contributed by atoms with Crippen molar-refractivity contribution in [1.82, 2.24) is 0 Å². The number of nitrogens with two attached hydrogens (primary N) is 1. The molecule has 3 rings (SSSR count). The lowest BCUT2D eigenvalue weighted by Gasteiger charge is -2.28. The van der Waals surface area contributed by atoms with Crippen molar-refractivity contribution in [3.05, 3.63) is 16.7 Å². The minimum Gasteiger partial charge on any atom is -0.504 e. The number of phenolic OH excluding ortho intramolecular Hbond substituents is 1. The molecule has 2 aliphatic heterocycles. The lowest BCUT2D eigenvalue weighted by atomic mass is 9.92. The monoisotopic (exact) mass is 251 g/mol. The number of benzene rings is 1. The molecule has 98 valence electrons. The van der Waals surface area contributed by atoms with Gasteiger partial charge in [0.05, 0.1) is 19.8 Å². The normalized spacial score (nSPS) is 17.4. The van der Waals surface area contributed by atoms with Gasteiger partial charge in [-0.3, -0.25) is 4.84 Å². The van der Waals surface area contributed by atoms with E-state index in [-0.39, 0.29) is 12.4 Å². The highest BCUT2D eigenvalue weighted by Crippen LogP contribution is 2.47. The van der Waals surface area contributed by atoms with E-state index < -0.39 is 0 Å². The van der Waals surface area contributed by atoms with Crippen LogP contribution in [-0.2, 0) is 24.3 Å². The highest BCUT2D eigenvalue weighted by molar-refractivity contribution is 5.63. The molecule has 0 fully saturated rings. The lowest BCUT2D eigenvalue weighted by Crippen LogP contribution is -2.18. The largest absolute Gasteiger partial charge is 0.504 e. The highest BCUT2D eigenvalue weighted by atomic mass is 16.6. The van der Waals surface area contributed by atoms with Gasteiger partial charge in [-0.15, -0.1) is 0 Å². The second kappa shape index (κ2) is 4.66. The van der Waals surface area contributed by atoms with E-state index in [0.29, 0.717) is 19.0 Å². The molecular weight excluding hydrogens is 234 g/mol. The Morgan fingerprint density at radius 2 is 1.72 bits per heavy atom. The fraction of sp³-hybridized carbons (Fsp3) is 0.538. The minimum absolute atomic E-state index is 0.236. The van der Waals surface area contributed by atoms with Crippen molar-refractivity contribution < 1.29 is 19.4 Å². The first-order valence-electron chi connectivity index (χ1n) is 6.29. The van der Waals surface area contributed by atoms with Crippen LogP contribution in [0.4, 0.5) is 0 Å². The van der Waals surface area contributed by atoms with Gasteiger partial charge in [0.1, 0.15) is 5.75 Å². The summed E-state index contributed by atoms with van der Waals surface area (Å²) in [4.78, 5) is 4.78. The number of aromatic hydroxyl groups is 1. The number of ether oxygens (including phenoxy) is 2. The van der Waals surface area contributed by atoms with Gasteiger partial charge in [0.25, 0.3) is 0 Å². The molecule has 0 aromatic heterocycles. The third-order valence-electron chi connectivity index (χ3n) is 3.55. The molecule has 0 saturated heterocycles. The Bertz CT molecular complexity index is 436. The molecule has 0 bridgehead atoms. The summed E-state index contributed by atoms with van der Waals surface area (Å²) in [5.74, 6) is 6.78. The maximum atomic E-state index is 10.3. The summed E-state index contributed by atoms with van der Waals surface area (Å²) in [5.41, 5.74) is 2.73. The molecule has 2 aliphatic rings. The highest BCUT2D eigenvalue weighted by Gasteiger charge is 2.29. The molecular formula is C13H17NO4. The molecule has 0 aliphatic carbocycles. The summed E-state index contributed by atoms with van der Waals surface area (Å²) in [6.07, 6.45) is 3.50. The van der Waals surface area contributed by atoms with Crippen LogP contribution < -0.4 is 15.4 Å². The van der Waals surface area contributed by atoms with Gasteiger partial charge < -0.3 is 14.6 Å². The first kappa shape index (κ1) is 11.6. The molecule has 0 radical (unpaired) electrons. The van der Waals surface area contributed by atoms with Gasteiger partial charge in [-0.05, 0) is 25.7 Å². The van der Waals surface area contributed by atoms with E-state index in [9.17, 15) is 5.11 Å². The molecule has 18 heavy (non-hydrogen) atoms. The predicted octanol–water partition coefficient (Wildman–Crippen LogP) is 1.43. The Hall–Kier alpha value is -1.46. The van der Waals surface area contributed by atoms with Crippen LogP contribution in [0.1, 0.15) is 29.5 Å². The first-order chi connectivity index (χ1) is 8.83. The van der Waals surface area contributed by atoms with Crippen molar-refractivity contribution in [3.8, 4) is 17.2 Å². The average Bonchev–Trinajstić information content (AvgIpc) is 2.43. The zero-order valence-electron chi connectivity index (χ0n) is 10.2. The van der Waals surface area contributed by atoms with Crippen molar-refractivity contribution >= 4 is 0 Å². The molecule has 0 unspecified atom stereocenters. The smallest absolute Gasteiger partial charge is 0.165 e. The Kier molecular flexibility index (Phi) is 3.01. The minimum atomic E-state index is 0.236. The Labute approximate surface area is 105 Å². The van der Waals surface area contributed by atoms with Crippen LogP contribution in [0.3, 0.4) is 0 Å². The zero-order chi connectivity index (χ0) is 12.5. The van der Waals surface area contributed by atoms with Gasteiger partial charge in [-0.25, -0.2) is 5.90 Å². The van der Waals surface area contributed by atoms with E-state index in [1.807, 2.05) is 0 Å². The van der Waals surface area contributed by atoms with Gasteiger partial charge >= 0.3 is 0 Å². The van der Waals surface area contributed by atoms with E-state index in [0.717, 1.165) is 48.1 Å². The molecule has 2 heterocycles. The van der Waals surface area contributed by atoms with Crippen LogP contribution in [0.15, 0.2) is 0 Å².